The molecular weight excluding hydrogens is 342 g/mol. The summed E-state index contributed by atoms with van der Waals surface area (Å²) in [4.78, 5) is 22.4. The first-order valence-corrected chi connectivity index (χ1v) is 8.08. The van der Waals surface area contributed by atoms with Crippen molar-refractivity contribution in [2.75, 3.05) is 6.54 Å². The van der Waals surface area contributed by atoms with Crippen molar-refractivity contribution in [3.63, 3.8) is 0 Å². The molecule has 0 heterocycles. The third-order valence-corrected chi connectivity index (χ3v) is 3.67. The predicted molar refractivity (Wildman–Crippen MR) is 96.7 cm³/mol. The molecule has 5 nitrogen and oxygen atoms in total. The Morgan fingerprint density at radius 2 is 1.92 bits per heavy atom. The molecule has 0 bridgehead atoms. The van der Waals surface area contributed by atoms with Gasteiger partial charge in [-0.25, -0.2) is 9.59 Å². The van der Waals surface area contributed by atoms with Gasteiger partial charge in [-0.2, -0.15) is 0 Å². The minimum Gasteiger partial charge on any atom is -0.478 e. The fraction of sp³-hybridized carbons (Fsp3) is 0.158. The van der Waals surface area contributed by atoms with Gasteiger partial charge in [0.1, 0.15) is 6.61 Å². The molecule has 0 fully saturated rings. The van der Waals surface area contributed by atoms with Gasteiger partial charge in [0, 0.05) is 11.6 Å². The molecule has 2 N–H and O–H groups in total. The van der Waals surface area contributed by atoms with Crippen molar-refractivity contribution in [2.24, 2.45) is 0 Å². The molecule has 6 heteroatoms. The van der Waals surface area contributed by atoms with Crippen LogP contribution < -0.4 is 5.32 Å². The van der Waals surface area contributed by atoms with Crippen LogP contribution in [0.3, 0.4) is 0 Å². The van der Waals surface area contributed by atoms with E-state index in [4.69, 9.17) is 21.4 Å². The highest BCUT2D eigenvalue weighted by molar-refractivity contribution is 6.32. The van der Waals surface area contributed by atoms with E-state index in [1.807, 2.05) is 36.4 Å². The standard InChI is InChI=1S/C19H18ClNO4/c20-17-12-16(18(22)23)10-9-15(17)8-4-5-11-21-19(24)25-13-14-6-2-1-3-7-14/h1-4,6-10,12H,5,11,13H2,(H,21,24)(H,22,23). The summed E-state index contributed by atoms with van der Waals surface area (Å²) < 4.78 is 5.10. The number of amides is 1. The molecule has 0 saturated heterocycles. The first kappa shape index (κ1) is 18.5. The Kier molecular flexibility index (Phi) is 7.04. The van der Waals surface area contributed by atoms with Crippen LogP contribution in [0.2, 0.25) is 5.02 Å². The van der Waals surface area contributed by atoms with Gasteiger partial charge < -0.3 is 15.2 Å². The lowest BCUT2D eigenvalue weighted by molar-refractivity contribution is 0.0697. The van der Waals surface area contributed by atoms with Crippen LogP contribution in [-0.2, 0) is 11.3 Å². The Balaban J connectivity index is 1.71. The van der Waals surface area contributed by atoms with Crippen molar-refractivity contribution in [1.82, 2.24) is 5.32 Å². The molecule has 0 spiro atoms. The van der Waals surface area contributed by atoms with Crippen LogP contribution in [0.5, 0.6) is 0 Å². The van der Waals surface area contributed by atoms with Crippen LogP contribution in [0.4, 0.5) is 4.79 Å². The summed E-state index contributed by atoms with van der Waals surface area (Å²) >= 11 is 6.03. The van der Waals surface area contributed by atoms with Crippen LogP contribution in [0.1, 0.15) is 27.9 Å². The molecule has 0 aromatic heterocycles. The molecule has 2 aromatic rings. The summed E-state index contributed by atoms with van der Waals surface area (Å²) in [5, 5.41) is 11.9. The average Bonchev–Trinajstić information content (AvgIpc) is 2.61. The van der Waals surface area contributed by atoms with Gasteiger partial charge in [-0.05, 0) is 29.7 Å². The minimum atomic E-state index is -1.02. The molecule has 0 atom stereocenters. The maximum absolute atomic E-state index is 11.6. The Bertz CT molecular complexity index is 759. The second kappa shape index (κ2) is 9.49. The maximum atomic E-state index is 11.6. The van der Waals surface area contributed by atoms with E-state index in [0.29, 0.717) is 18.0 Å². The maximum Gasteiger partial charge on any atom is 0.407 e. The zero-order valence-electron chi connectivity index (χ0n) is 13.4. The van der Waals surface area contributed by atoms with E-state index in [1.165, 1.54) is 12.1 Å². The smallest absolute Gasteiger partial charge is 0.407 e. The van der Waals surface area contributed by atoms with Gasteiger partial charge >= 0.3 is 12.1 Å². The van der Waals surface area contributed by atoms with Crippen LogP contribution >= 0.6 is 11.6 Å². The zero-order valence-corrected chi connectivity index (χ0v) is 14.2. The van der Waals surface area contributed by atoms with Gasteiger partial charge in [0.05, 0.1) is 5.56 Å². The van der Waals surface area contributed by atoms with Crippen LogP contribution in [0, 0.1) is 0 Å². The average molecular weight is 360 g/mol. The normalized spacial score (nSPS) is 10.6. The Morgan fingerprint density at radius 3 is 2.60 bits per heavy atom. The summed E-state index contributed by atoms with van der Waals surface area (Å²) in [6.45, 7) is 0.656. The third kappa shape index (κ3) is 6.31. The van der Waals surface area contributed by atoms with E-state index in [2.05, 4.69) is 5.32 Å². The molecule has 2 rings (SSSR count). The van der Waals surface area contributed by atoms with Crippen molar-refractivity contribution in [1.29, 1.82) is 0 Å². The topological polar surface area (TPSA) is 75.6 Å². The number of rotatable bonds is 7. The number of nitrogens with one attached hydrogen (secondary N) is 1. The quantitative estimate of drug-likeness (QED) is 0.720. The van der Waals surface area contributed by atoms with Crippen molar-refractivity contribution in [3.8, 4) is 0 Å². The molecule has 0 radical (unpaired) electrons. The van der Waals surface area contributed by atoms with E-state index in [0.717, 1.165) is 11.1 Å². The van der Waals surface area contributed by atoms with E-state index >= 15 is 0 Å². The van der Waals surface area contributed by atoms with Crippen molar-refractivity contribution < 1.29 is 19.4 Å². The highest BCUT2D eigenvalue weighted by Crippen LogP contribution is 2.19. The van der Waals surface area contributed by atoms with Crippen molar-refractivity contribution in [2.45, 2.75) is 13.0 Å². The zero-order chi connectivity index (χ0) is 18.1. The number of carbonyl (C=O) groups excluding carboxylic acids is 1. The summed E-state index contributed by atoms with van der Waals surface area (Å²) in [6.07, 6.45) is 3.75. The third-order valence-electron chi connectivity index (χ3n) is 3.34. The number of benzene rings is 2. The van der Waals surface area contributed by atoms with Gasteiger partial charge in [0.25, 0.3) is 0 Å². The number of ether oxygens (including phenoxy) is 1. The summed E-state index contributed by atoms with van der Waals surface area (Å²) in [6, 6.07) is 14.0. The Hall–Kier alpha value is -2.79. The van der Waals surface area contributed by atoms with Gasteiger partial charge in [0.15, 0.2) is 0 Å². The highest BCUT2D eigenvalue weighted by atomic mass is 35.5. The lowest BCUT2D eigenvalue weighted by Crippen LogP contribution is -2.24. The van der Waals surface area contributed by atoms with Crippen LogP contribution in [-0.4, -0.2) is 23.7 Å². The van der Waals surface area contributed by atoms with Gasteiger partial charge in [-0.3, -0.25) is 0 Å². The molecule has 1 amide bonds. The molecule has 130 valence electrons. The first-order valence-electron chi connectivity index (χ1n) is 7.70. The summed E-state index contributed by atoms with van der Waals surface area (Å²) in [5.41, 5.74) is 1.79. The number of hydrogen-bond donors (Lipinski definition) is 2. The summed E-state index contributed by atoms with van der Waals surface area (Å²) in [7, 11) is 0. The van der Waals surface area contributed by atoms with Gasteiger partial charge in [0.2, 0.25) is 0 Å². The van der Waals surface area contributed by atoms with Crippen LogP contribution in [0.15, 0.2) is 54.6 Å². The molecule has 0 saturated carbocycles. The predicted octanol–water partition coefficient (Wildman–Crippen LogP) is 4.37. The molecule has 0 aliphatic rings. The highest BCUT2D eigenvalue weighted by Gasteiger charge is 2.05. The number of aromatic carboxylic acids is 1. The van der Waals surface area contributed by atoms with Crippen molar-refractivity contribution >= 4 is 29.7 Å². The van der Waals surface area contributed by atoms with Crippen molar-refractivity contribution in [3.05, 3.63) is 76.3 Å². The number of carbonyl (C=O) groups is 2. The number of carboxylic acids is 1. The van der Waals surface area contributed by atoms with Gasteiger partial charge in [-0.1, -0.05) is 60.2 Å². The number of hydrogen-bond acceptors (Lipinski definition) is 3. The Morgan fingerprint density at radius 1 is 1.16 bits per heavy atom. The summed E-state index contributed by atoms with van der Waals surface area (Å²) in [5.74, 6) is -1.02. The number of carboxylic acid groups (broad SMARTS) is 1. The molecule has 25 heavy (non-hydrogen) atoms. The molecule has 0 aliphatic heterocycles. The Labute approximate surface area is 150 Å². The monoisotopic (exact) mass is 359 g/mol. The number of alkyl carbamates (subject to hydrolysis) is 1. The SMILES string of the molecule is O=C(NCCC=Cc1ccc(C(=O)O)cc1Cl)OCc1ccccc1. The molecule has 0 aliphatic carbocycles. The molecule has 0 unspecified atom stereocenters. The minimum absolute atomic E-state index is 0.143. The molecule has 2 aromatic carbocycles. The second-order valence-corrected chi connectivity index (χ2v) is 5.63. The lowest BCUT2D eigenvalue weighted by atomic mass is 10.1. The first-order chi connectivity index (χ1) is 12.1. The van der Waals surface area contributed by atoms with E-state index in [9.17, 15) is 9.59 Å². The number of halogens is 1. The molecular formula is C19H18ClNO4. The fourth-order valence-corrected chi connectivity index (χ4v) is 2.28. The van der Waals surface area contributed by atoms with E-state index in [-0.39, 0.29) is 12.2 Å². The fourth-order valence-electron chi connectivity index (χ4n) is 2.04. The largest absolute Gasteiger partial charge is 0.478 e. The lowest BCUT2D eigenvalue weighted by Gasteiger charge is -2.06. The van der Waals surface area contributed by atoms with E-state index in [1.54, 1.807) is 12.1 Å². The van der Waals surface area contributed by atoms with Crippen LogP contribution in [0.25, 0.3) is 6.08 Å². The van der Waals surface area contributed by atoms with Gasteiger partial charge in [-0.15, -0.1) is 0 Å². The van der Waals surface area contributed by atoms with E-state index < -0.39 is 12.1 Å². The second-order valence-electron chi connectivity index (χ2n) is 5.22.